The van der Waals surface area contributed by atoms with E-state index in [2.05, 4.69) is 0 Å². The summed E-state index contributed by atoms with van der Waals surface area (Å²) in [6.45, 7) is 3.98. The van der Waals surface area contributed by atoms with Crippen molar-refractivity contribution in [2.75, 3.05) is 26.7 Å². The normalized spacial score (nSPS) is 15.6. The van der Waals surface area contributed by atoms with E-state index in [-0.39, 0.29) is 6.03 Å². The van der Waals surface area contributed by atoms with Gasteiger partial charge in [-0.15, -0.1) is 0 Å². The van der Waals surface area contributed by atoms with Crippen molar-refractivity contribution in [3.05, 3.63) is 0 Å². The van der Waals surface area contributed by atoms with E-state index < -0.39 is 0 Å². The average Bonchev–Trinajstić information content (AvgIpc) is 2.95. The van der Waals surface area contributed by atoms with Crippen LogP contribution in [0.15, 0.2) is 0 Å². The van der Waals surface area contributed by atoms with Crippen LogP contribution < -0.4 is 5.73 Å². The third kappa shape index (κ3) is 2.59. The van der Waals surface area contributed by atoms with Gasteiger partial charge in [0.05, 0.1) is 0 Å². The van der Waals surface area contributed by atoms with Gasteiger partial charge in [0.15, 0.2) is 0 Å². The van der Waals surface area contributed by atoms with Crippen molar-refractivity contribution in [3.63, 3.8) is 0 Å². The molecule has 13 heavy (non-hydrogen) atoms. The molecule has 0 aromatic heterocycles. The first kappa shape index (κ1) is 10.3. The van der Waals surface area contributed by atoms with E-state index in [0.717, 1.165) is 19.4 Å². The van der Waals surface area contributed by atoms with E-state index in [1.807, 2.05) is 18.9 Å². The predicted octanol–water partition coefficient (Wildman–Crippen LogP) is 0.481. The largest absolute Gasteiger partial charge is 0.329 e. The third-order valence-electron chi connectivity index (χ3n) is 2.40. The highest BCUT2D eigenvalue weighted by Gasteiger charge is 2.32. The molecule has 0 spiro atoms. The summed E-state index contributed by atoms with van der Waals surface area (Å²) in [6.07, 6.45) is 2.28. The van der Waals surface area contributed by atoms with E-state index in [0.29, 0.717) is 19.1 Å². The molecule has 0 aromatic rings. The van der Waals surface area contributed by atoms with Crippen molar-refractivity contribution in [1.82, 2.24) is 9.80 Å². The van der Waals surface area contributed by atoms with Crippen LogP contribution in [0.1, 0.15) is 19.8 Å². The molecule has 0 aliphatic heterocycles. The number of rotatable bonds is 4. The van der Waals surface area contributed by atoms with Gasteiger partial charge in [0, 0.05) is 32.7 Å². The highest BCUT2D eigenvalue weighted by Crippen LogP contribution is 2.27. The quantitative estimate of drug-likeness (QED) is 0.692. The lowest BCUT2D eigenvalue weighted by Gasteiger charge is -2.27. The standard InChI is InChI=1S/C9H19N3O/c1-3-11(2)9(13)12(7-6-10)8-4-5-8/h8H,3-7,10H2,1-2H3. The summed E-state index contributed by atoms with van der Waals surface area (Å²) in [5.74, 6) is 0. The number of nitrogens with zero attached hydrogens (tertiary/aromatic N) is 2. The van der Waals surface area contributed by atoms with Crippen molar-refractivity contribution in [2.45, 2.75) is 25.8 Å². The van der Waals surface area contributed by atoms with Gasteiger partial charge in [0.2, 0.25) is 0 Å². The van der Waals surface area contributed by atoms with Gasteiger partial charge in [-0.25, -0.2) is 4.79 Å². The Morgan fingerprint density at radius 1 is 1.54 bits per heavy atom. The molecule has 0 aromatic carbocycles. The second kappa shape index (κ2) is 4.46. The van der Waals surface area contributed by atoms with Crippen LogP contribution in [0.4, 0.5) is 4.79 Å². The van der Waals surface area contributed by atoms with Crippen LogP contribution in [-0.4, -0.2) is 48.6 Å². The molecule has 2 N–H and O–H groups in total. The van der Waals surface area contributed by atoms with Crippen LogP contribution in [0.5, 0.6) is 0 Å². The van der Waals surface area contributed by atoms with Crippen LogP contribution in [-0.2, 0) is 0 Å². The van der Waals surface area contributed by atoms with Gasteiger partial charge in [-0.05, 0) is 19.8 Å². The zero-order valence-corrected chi connectivity index (χ0v) is 8.49. The molecule has 0 saturated heterocycles. The van der Waals surface area contributed by atoms with Crippen molar-refractivity contribution < 1.29 is 4.79 Å². The van der Waals surface area contributed by atoms with E-state index >= 15 is 0 Å². The first-order valence-corrected chi connectivity index (χ1v) is 4.92. The molecule has 1 aliphatic rings. The van der Waals surface area contributed by atoms with Gasteiger partial charge in [0.1, 0.15) is 0 Å². The Kier molecular flexibility index (Phi) is 3.54. The first-order valence-electron chi connectivity index (χ1n) is 4.92. The predicted molar refractivity (Wildman–Crippen MR) is 52.5 cm³/mol. The SMILES string of the molecule is CCN(C)C(=O)N(CCN)C1CC1. The fraction of sp³-hybridized carbons (Fsp3) is 0.889. The summed E-state index contributed by atoms with van der Waals surface area (Å²) in [5.41, 5.74) is 5.46. The summed E-state index contributed by atoms with van der Waals surface area (Å²) in [6, 6.07) is 0.584. The Morgan fingerprint density at radius 3 is 2.54 bits per heavy atom. The minimum Gasteiger partial charge on any atom is -0.329 e. The molecule has 0 atom stereocenters. The lowest BCUT2D eigenvalue weighted by Crippen LogP contribution is -2.44. The highest BCUT2D eigenvalue weighted by molar-refractivity contribution is 5.74. The lowest BCUT2D eigenvalue weighted by molar-refractivity contribution is 0.163. The molecule has 1 rings (SSSR count). The van der Waals surface area contributed by atoms with Gasteiger partial charge < -0.3 is 15.5 Å². The first-order chi connectivity index (χ1) is 6.20. The summed E-state index contributed by atoms with van der Waals surface area (Å²) in [5, 5.41) is 0. The second-order valence-electron chi connectivity index (χ2n) is 3.51. The third-order valence-corrected chi connectivity index (χ3v) is 2.40. The van der Waals surface area contributed by atoms with Crippen LogP contribution in [0, 0.1) is 0 Å². The van der Waals surface area contributed by atoms with Crippen molar-refractivity contribution in [1.29, 1.82) is 0 Å². The zero-order chi connectivity index (χ0) is 9.84. The molecular weight excluding hydrogens is 166 g/mol. The van der Waals surface area contributed by atoms with E-state index in [4.69, 9.17) is 5.73 Å². The van der Waals surface area contributed by atoms with Gasteiger partial charge in [0.25, 0.3) is 0 Å². The van der Waals surface area contributed by atoms with Crippen molar-refractivity contribution >= 4 is 6.03 Å². The molecule has 2 amide bonds. The van der Waals surface area contributed by atoms with E-state index in [9.17, 15) is 4.79 Å². The number of amides is 2. The smallest absolute Gasteiger partial charge is 0.320 e. The number of carbonyl (C=O) groups is 1. The Bertz CT molecular complexity index is 180. The number of carbonyl (C=O) groups excluding carboxylic acids is 1. The molecule has 0 bridgehead atoms. The minimum absolute atomic E-state index is 0.121. The molecule has 0 unspecified atom stereocenters. The zero-order valence-electron chi connectivity index (χ0n) is 8.49. The summed E-state index contributed by atoms with van der Waals surface area (Å²) in [4.78, 5) is 15.4. The van der Waals surface area contributed by atoms with Crippen LogP contribution in [0.3, 0.4) is 0 Å². The van der Waals surface area contributed by atoms with Gasteiger partial charge >= 0.3 is 6.03 Å². The summed E-state index contributed by atoms with van der Waals surface area (Å²) < 4.78 is 0. The number of hydrogen-bond acceptors (Lipinski definition) is 2. The van der Waals surface area contributed by atoms with Gasteiger partial charge in [-0.3, -0.25) is 0 Å². The minimum atomic E-state index is 0.121. The molecule has 0 heterocycles. The number of hydrogen-bond donors (Lipinski definition) is 1. The van der Waals surface area contributed by atoms with Crippen molar-refractivity contribution in [3.8, 4) is 0 Å². The number of urea groups is 1. The van der Waals surface area contributed by atoms with Gasteiger partial charge in [-0.2, -0.15) is 0 Å². The van der Waals surface area contributed by atoms with Gasteiger partial charge in [-0.1, -0.05) is 0 Å². The topological polar surface area (TPSA) is 49.6 Å². The average molecular weight is 185 g/mol. The molecule has 4 nitrogen and oxygen atoms in total. The maximum absolute atomic E-state index is 11.7. The van der Waals surface area contributed by atoms with Crippen LogP contribution in [0.25, 0.3) is 0 Å². The maximum Gasteiger partial charge on any atom is 0.320 e. The monoisotopic (exact) mass is 185 g/mol. The molecule has 1 aliphatic carbocycles. The van der Waals surface area contributed by atoms with Crippen molar-refractivity contribution in [2.24, 2.45) is 5.73 Å². The van der Waals surface area contributed by atoms with Crippen LogP contribution >= 0.6 is 0 Å². The molecule has 0 radical (unpaired) electrons. The van der Waals surface area contributed by atoms with E-state index in [1.54, 1.807) is 4.90 Å². The Balaban J connectivity index is 2.47. The molecule has 1 saturated carbocycles. The number of nitrogens with two attached hydrogens (primary N) is 1. The molecule has 1 fully saturated rings. The molecule has 76 valence electrons. The fourth-order valence-electron chi connectivity index (χ4n) is 1.31. The Hall–Kier alpha value is -0.770. The fourth-order valence-corrected chi connectivity index (χ4v) is 1.31. The summed E-state index contributed by atoms with van der Waals surface area (Å²) in [7, 11) is 1.83. The Labute approximate surface area is 79.7 Å². The maximum atomic E-state index is 11.7. The Morgan fingerprint density at radius 2 is 2.15 bits per heavy atom. The molecular formula is C9H19N3O. The lowest BCUT2D eigenvalue weighted by atomic mass is 10.4. The summed E-state index contributed by atoms with van der Waals surface area (Å²) >= 11 is 0. The molecule has 4 heteroatoms. The highest BCUT2D eigenvalue weighted by atomic mass is 16.2. The van der Waals surface area contributed by atoms with E-state index in [1.165, 1.54) is 0 Å². The van der Waals surface area contributed by atoms with Crippen LogP contribution in [0.2, 0.25) is 0 Å². The second-order valence-corrected chi connectivity index (χ2v) is 3.51.